The molecule has 0 spiro atoms. The predicted molar refractivity (Wildman–Crippen MR) is 95.2 cm³/mol. The molecule has 1 heterocycles. The van der Waals surface area contributed by atoms with Crippen LogP contribution >= 0.6 is 0 Å². The van der Waals surface area contributed by atoms with Crippen LogP contribution < -0.4 is 4.74 Å². The van der Waals surface area contributed by atoms with Gasteiger partial charge in [-0.05, 0) is 55.0 Å². The Balaban J connectivity index is 1.85. The number of nitriles is 1. The molecule has 3 nitrogen and oxygen atoms in total. The van der Waals surface area contributed by atoms with Gasteiger partial charge >= 0.3 is 0 Å². The minimum absolute atomic E-state index is 0.572. The Hall–Kier alpha value is -3.25. The standard InChI is InChI=1S/C21H17NO2/c1-2-23-19-10-8-17(9-11-19)21-13-12-20(24-21)14-18(15-22)16-6-4-3-5-7-16/h3-14H,2H2,1H3. The van der Waals surface area contributed by atoms with Crippen LogP contribution in [0.3, 0.4) is 0 Å². The Morgan fingerprint density at radius 2 is 1.79 bits per heavy atom. The van der Waals surface area contributed by atoms with Crippen molar-refractivity contribution in [3.05, 3.63) is 78.1 Å². The van der Waals surface area contributed by atoms with Crippen LogP contribution in [0.15, 0.2) is 71.1 Å². The zero-order valence-corrected chi connectivity index (χ0v) is 13.4. The summed E-state index contributed by atoms with van der Waals surface area (Å²) in [6.07, 6.45) is 1.76. The Morgan fingerprint density at radius 1 is 1.04 bits per heavy atom. The average Bonchev–Trinajstić information content (AvgIpc) is 3.10. The maximum absolute atomic E-state index is 9.37. The molecule has 0 aliphatic heterocycles. The number of ether oxygens (including phenoxy) is 1. The maximum atomic E-state index is 9.37. The van der Waals surface area contributed by atoms with Crippen molar-refractivity contribution in [2.24, 2.45) is 0 Å². The average molecular weight is 315 g/mol. The Kier molecular flexibility index (Phi) is 4.78. The number of furan rings is 1. The third-order valence-electron chi connectivity index (χ3n) is 3.57. The molecule has 3 aromatic rings. The van der Waals surface area contributed by atoms with E-state index in [0.29, 0.717) is 17.9 Å². The first-order valence-electron chi connectivity index (χ1n) is 7.80. The monoisotopic (exact) mass is 315 g/mol. The normalized spacial score (nSPS) is 11.1. The number of benzene rings is 2. The van der Waals surface area contributed by atoms with Gasteiger partial charge in [0.05, 0.1) is 18.2 Å². The summed E-state index contributed by atoms with van der Waals surface area (Å²) in [6, 6.07) is 23.3. The topological polar surface area (TPSA) is 46.2 Å². The van der Waals surface area contributed by atoms with E-state index in [1.165, 1.54) is 0 Å². The van der Waals surface area contributed by atoms with E-state index < -0.39 is 0 Å². The Bertz CT molecular complexity index is 868. The second-order valence-corrected chi connectivity index (χ2v) is 5.20. The van der Waals surface area contributed by atoms with Gasteiger partial charge in [0, 0.05) is 5.56 Å². The summed E-state index contributed by atoms with van der Waals surface area (Å²) in [5, 5.41) is 9.37. The lowest BCUT2D eigenvalue weighted by atomic mass is 10.1. The molecule has 0 bridgehead atoms. The molecule has 0 fully saturated rings. The molecule has 0 saturated heterocycles. The lowest BCUT2D eigenvalue weighted by Gasteiger charge is -2.03. The fourth-order valence-electron chi connectivity index (χ4n) is 2.41. The van der Waals surface area contributed by atoms with Crippen molar-refractivity contribution in [1.29, 1.82) is 5.26 Å². The van der Waals surface area contributed by atoms with Crippen LogP contribution in [-0.4, -0.2) is 6.61 Å². The van der Waals surface area contributed by atoms with E-state index >= 15 is 0 Å². The van der Waals surface area contributed by atoms with E-state index in [-0.39, 0.29) is 0 Å². The zero-order chi connectivity index (χ0) is 16.8. The number of nitrogens with zero attached hydrogens (tertiary/aromatic N) is 1. The molecule has 2 aromatic carbocycles. The second kappa shape index (κ2) is 7.34. The Morgan fingerprint density at radius 3 is 2.46 bits per heavy atom. The van der Waals surface area contributed by atoms with Gasteiger partial charge in [-0.2, -0.15) is 5.26 Å². The van der Waals surface area contributed by atoms with E-state index in [2.05, 4.69) is 6.07 Å². The van der Waals surface area contributed by atoms with E-state index in [1.54, 1.807) is 6.08 Å². The van der Waals surface area contributed by atoms with Gasteiger partial charge in [0.15, 0.2) is 0 Å². The summed E-state index contributed by atoms with van der Waals surface area (Å²) in [6.45, 7) is 2.60. The largest absolute Gasteiger partial charge is 0.494 e. The summed E-state index contributed by atoms with van der Waals surface area (Å²) in [4.78, 5) is 0. The van der Waals surface area contributed by atoms with Crippen LogP contribution in [0.25, 0.3) is 23.0 Å². The molecule has 0 aliphatic rings. The van der Waals surface area contributed by atoms with Gasteiger partial charge in [0.25, 0.3) is 0 Å². The summed E-state index contributed by atoms with van der Waals surface area (Å²) in [7, 11) is 0. The quantitative estimate of drug-likeness (QED) is 0.591. The van der Waals surface area contributed by atoms with E-state index in [9.17, 15) is 5.26 Å². The lowest BCUT2D eigenvalue weighted by Crippen LogP contribution is -1.90. The molecule has 0 aliphatic carbocycles. The van der Waals surface area contributed by atoms with Crippen molar-refractivity contribution < 1.29 is 9.15 Å². The molecule has 3 heteroatoms. The second-order valence-electron chi connectivity index (χ2n) is 5.20. The fraction of sp³-hybridized carbons (Fsp3) is 0.0952. The highest BCUT2D eigenvalue weighted by Gasteiger charge is 2.06. The smallest absolute Gasteiger partial charge is 0.134 e. The van der Waals surface area contributed by atoms with E-state index in [4.69, 9.17) is 9.15 Å². The Labute approximate surface area is 141 Å². The lowest BCUT2D eigenvalue weighted by molar-refractivity contribution is 0.340. The molecule has 118 valence electrons. The number of hydrogen-bond acceptors (Lipinski definition) is 3. The first kappa shape index (κ1) is 15.6. The number of hydrogen-bond donors (Lipinski definition) is 0. The highest BCUT2D eigenvalue weighted by Crippen LogP contribution is 2.26. The highest BCUT2D eigenvalue weighted by atomic mass is 16.5. The third kappa shape index (κ3) is 3.56. The molecular weight excluding hydrogens is 298 g/mol. The van der Waals surface area contributed by atoms with Gasteiger partial charge in [-0.25, -0.2) is 0 Å². The molecule has 0 saturated carbocycles. The van der Waals surface area contributed by atoms with Crippen LogP contribution in [0.1, 0.15) is 18.2 Å². The molecule has 0 atom stereocenters. The summed E-state index contributed by atoms with van der Waals surface area (Å²) in [5.41, 5.74) is 2.42. The maximum Gasteiger partial charge on any atom is 0.134 e. The highest BCUT2D eigenvalue weighted by molar-refractivity contribution is 5.88. The summed E-state index contributed by atoms with van der Waals surface area (Å²) in [5.74, 6) is 2.25. The zero-order valence-electron chi connectivity index (χ0n) is 13.4. The van der Waals surface area contributed by atoms with Gasteiger partial charge in [-0.3, -0.25) is 0 Å². The molecular formula is C21H17NO2. The minimum atomic E-state index is 0.572. The fourth-order valence-corrected chi connectivity index (χ4v) is 2.41. The van der Waals surface area contributed by atoms with Crippen molar-refractivity contribution in [1.82, 2.24) is 0 Å². The summed E-state index contributed by atoms with van der Waals surface area (Å²) >= 11 is 0. The molecule has 1 aromatic heterocycles. The molecule has 3 rings (SSSR count). The number of rotatable bonds is 5. The third-order valence-corrected chi connectivity index (χ3v) is 3.57. The first-order valence-corrected chi connectivity index (χ1v) is 7.80. The van der Waals surface area contributed by atoms with Crippen molar-refractivity contribution >= 4 is 11.6 Å². The van der Waals surface area contributed by atoms with Gasteiger partial charge in [0.2, 0.25) is 0 Å². The van der Waals surface area contributed by atoms with Gasteiger partial charge < -0.3 is 9.15 Å². The summed E-state index contributed by atoms with van der Waals surface area (Å²) < 4.78 is 11.3. The molecule has 0 unspecified atom stereocenters. The molecule has 0 N–H and O–H groups in total. The first-order chi connectivity index (χ1) is 11.8. The molecule has 0 amide bonds. The van der Waals surface area contributed by atoms with E-state index in [1.807, 2.05) is 73.7 Å². The van der Waals surface area contributed by atoms with Crippen LogP contribution in [0.4, 0.5) is 0 Å². The van der Waals surface area contributed by atoms with Crippen LogP contribution in [-0.2, 0) is 0 Å². The van der Waals surface area contributed by atoms with Gasteiger partial charge in [0.1, 0.15) is 17.3 Å². The van der Waals surface area contributed by atoms with Gasteiger partial charge in [-0.1, -0.05) is 30.3 Å². The predicted octanol–water partition coefficient (Wildman–Crippen LogP) is 5.41. The van der Waals surface area contributed by atoms with Crippen molar-refractivity contribution in [2.75, 3.05) is 6.61 Å². The van der Waals surface area contributed by atoms with Crippen LogP contribution in [0.5, 0.6) is 5.75 Å². The van der Waals surface area contributed by atoms with Crippen molar-refractivity contribution in [3.63, 3.8) is 0 Å². The van der Waals surface area contributed by atoms with Crippen LogP contribution in [0, 0.1) is 11.3 Å². The van der Waals surface area contributed by atoms with Crippen LogP contribution in [0.2, 0.25) is 0 Å². The SMILES string of the molecule is CCOc1ccc(-c2ccc(C=C(C#N)c3ccccc3)o2)cc1. The molecule has 24 heavy (non-hydrogen) atoms. The number of allylic oxidation sites excluding steroid dienone is 1. The van der Waals surface area contributed by atoms with Crippen molar-refractivity contribution in [3.8, 4) is 23.1 Å². The van der Waals surface area contributed by atoms with Crippen molar-refractivity contribution in [2.45, 2.75) is 6.92 Å². The van der Waals surface area contributed by atoms with E-state index in [0.717, 1.165) is 22.6 Å². The van der Waals surface area contributed by atoms with Gasteiger partial charge in [-0.15, -0.1) is 0 Å². The molecule has 0 radical (unpaired) electrons. The minimum Gasteiger partial charge on any atom is -0.494 e.